The average Bonchev–Trinajstić information content (AvgIpc) is 2.16. The topological polar surface area (TPSA) is 90.5 Å². The van der Waals surface area contributed by atoms with Crippen LogP contribution in [-0.4, -0.2) is 17.0 Å². The lowest BCUT2D eigenvalue weighted by molar-refractivity contribution is -0.463. The van der Waals surface area contributed by atoms with Crippen molar-refractivity contribution in [2.45, 2.75) is 0 Å². The Labute approximate surface area is 89.4 Å². The normalized spacial score (nSPS) is 10.4. The summed E-state index contributed by atoms with van der Waals surface area (Å²) >= 11 is 3.29. The molecule has 0 aromatic heterocycles. The van der Waals surface area contributed by atoms with E-state index in [1.807, 2.05) is 12.1 Å². The number of hydrogen-bond acceptors (Lipinski definition) is 2. The van der Waals surface area contributed by atoms with E-state index in [1.165, 1.54) is 6.21 Å². The quantitative estimate of drug-likeness (QED) is 0.267. The van der Waals surface area contributed by atoms with E-state index in [-0.39, 0.29) is 4.85 Å². The predicted molar refractivity (Wildman–Crippen MR) is 58.7 cm³/mol. The minimum absolute atomic E-state index is 0.155. The van der Waals surface area contributed by atoms with Crippen molar-refractivity contribution in [1.29, 1.82) is 0 Å². The second-order valence-electron chi connectivity index (χ2n) is 2.49. The Balaban J connectivity index is 2.79. The Hall–Kier alpha value is -1.56. The molecule has 5 nitrogen and oxygen atoms in total. The molecular weight excluding hydrogens is 248 g/mol. The van der Waals surface area contributed by atoms with Crippen LogP contribution in [0.1, 0.15) is 5.56 Å². The third kappa shape index (κ3) is 3.06. The van der Waals surface area contributed by atoms with Gasteiger partial charge in [0.15, 0.2) is 0 Å². The molecule has 1 rings (SSSR count). The van der Waals surface area contributed by atoms with Crippen molar-refractivity contribution in [3.05, 3.63) is 39.5 Å². The Morgan fingerprint density at radius 2 is 1.93 bits per heavy atom. The van der Waals surface area contributed by atoms with Gasteiger partial charge in [-0.25, -0.2) is 0 Å². The summed E-state index contributed by atoms with van der Waals surface area (Å²) in [6, 6.07) is 7.28. The molecular formula is C8H9BrN4O. The van der Waals surface area contributed by atoms with Crippen molar-refractivity contribution in [1.82, 2.24) is 0 Å². The lowest BCUT2D eigenvalue weighted by Gasteiger charge is -2.02. The summed E-state index contributed by atoms with van der Waals surface area (Å²) in [4.78, 5) is 0.155. The Kier molecular flexibility index (Phi) is 3.47. The fourth-order valence-electron chi connectivity index (χ4n) is 0.735. The molecule has 14 heavy (non-hydrogen) atoms. The minimum atomic E-state index is -0.390. The molecule has 0 saturated carbocycles. The van der Waals surface area contributed by atoms with Gasteiger partial charge in [-0.15, -0.1) is 9.95 Å². The summed E-state index contributed by atoms with van der Waals surface area (Å²) < 4.78 is 0.957. The zero-order valence-corrected chi connectivity index (χ0v) is 8.81. The molecule has 0 unspecified atom stereocenters. The fraction of sp³-hybridized carbons (Fsp3) is 0. The number of halogens is 1. The molecule has 0 heterocycles. The van der Waals surface area contributed by atoms with Crippen molar-refractivity contribution in [3.63, 3.8) is 0 Å². The number of nitrogens with zero attached hydrogens (tertiary/aromatic N) is 2. The standard InChI is InChI=1S/C8H9BrN4O/c9-7-3-1-6(2-4-7)5-12-13(14)8(10)11/h1-5H,10-11H2/b12-5+. The zero-order chi connectivity index (χ0) is 10.6. The van der Waals surface area contributed by atoms with Gasteiger partial charge in [0.1, 0.15) is 0 Å². The molecule has 0 saturated heterocycles. The van der Waals surface area contributed by atoms with E-state index >= 15 is 0 Å². The maximum atomic E-state index is 10.8. The maximum absolute atomic E-state index is 10.8. The Bertz CT molecular complexity index is 367. The highest BCUT2D eigenvalue weighted by Crippen LogP contribution is 2.08. The molecule has 0 atom stereocenters. The molecule has 1 aromatic carbocycles. The number of benzene rings is 1. The molecule has 4 N–H and O–H groups in total. The summed E-state index contributed by atoms with van der Waals surface area (Å²) in [6.07, 6.45) is 1.37. The summed E-state index contributed by atoms with van der Waals surface area (Å²) in [5.74, 6) is -0.390. The fourth-order valence-corrected chi connectivity index (χ4v) is 0.999. The van der Waals surface area contributed by atoms with E-state index in [2.05, 4.69) is 21.0 Å². The molecule has 0 spiro atoms. The molecule has 74 valence electrons. The van der Waals surface area contributed by atoms with Gasteiger partial charge in [-0.1, -0.05) is 28.1 Å². The number of rotatable bonds is 2. The van der Waals surface area contributed by atoms with Gasteiger partial charge in [0.25, 0.3) is 0 Å². The molecule has 0 aliphatic rings. The predicted octanol–water partition coefficient (Wildman–Crippen LogP) is 0.567. The van der Waals surface area contributed by atoms with Crippen molar-refractivity contribution in [2.75, 3.05) is 0 Å². The minimum Gasteiger partial charge on any atom is -0.722 e. The SMILES string of the molecule is NC(N)=[N+]([O-])/N=C/c1ccc(Br)cc1. The van der Waals surface area contributed by atoms with Gasteiger partial charge in [-0.05, 0) is 17.7 Å². The number of hydrogen-bond donors (Lipinski definition) is 2. The average molecular weight is 257 g/mol. The third-order valence-corrected chi connectivity index (χ3v) is 1.93. The largest absolute Gasteiger partial charge is 0.722 e. The summed E-state index contributed by atoms with van der Waals surface area (Å²) in [6.45, 7) is 0. The highest BCUT2D eigenvalue weighted by molar-refractivity contribution is 9.10. The van der Waals surface area contributed by atoms with Crippen molar-refractivity contribution in [2.24, 2.45) is 16.6 Å². The zero-order valence-electron chi connectivity index (χ0n) is 7.22. The van der Waals surface area contributed by atoms with Crippen LogP contribution >= 0.6 is 15.9 Å². The lowest BCUT2D eigenvalue weighted by atomic mass is 10.2. The molecule has 0 fully saturated rings. The second kappa shape index (κ2) is 4.61. The van der Waals surface area contributed by atoms with Crippen LogP contribution in [0.2, 0.25) is 0 Å². The van der Waals surface area contributed by atoms with Gasteiger partial charge >= 0.3 is 5.96 Å². The maximum Gasteiger partial charge on any atom is 0.366 e. The molecule has 1 aromatic rings. The number of guanidine groups is 1. The van der Waals surface area contributed by atoms with E-state index in [0.717, 1.165) is 10.0 Å². The molecule has 0 radical (unpaired) electrons. The van der Waals surface area contributed by atoms with Crippen LogP contribution in [0, 0.1) is 5.21 Å². The van der Waals surface area contributed by atoms with E-state index in [0.29, 0.717) is 0 Å². The molecule has 0 amide bonds. The monoisotopic (exact) mass is 256 g/mol. The first-order valence-electron chi connectivity index (χ1n) is 3.74. The van der Waals surface area contributed by atoms with Gasteiger partial charge in [-0.3, -0.25) is 11.5 Å². The highest BCUT2D eigenvalue weighted by atomic mass is 79.9. The van der Waals surface area contributed by atoms with Crippen molar-refractivity contribution < 1.29 is 4.85 Å². The highest BCUT2D eigenvalue weighted by Gasteiger charge is 1.90. The number of hydrazone groups is 1. The first-order valence-corrected chi connectivity index (χ1v) is 4.53. The van der Waals surface area contributed by atoms with Gasteiger partial charge < -0.3 is 5.21 Å². The van der Waals surface area contributed by atoms with Gasteiger partial charge in [0, 0.05) is 4.47 Å². The Morgan fingerprint density at radius 3 is 2.43 bits per heavy atom. The second-order valence-corrected chi connectivity index (χ2v) is 3.41. The van der Waals surface area contributed by atoms with E-state index in [9.17, 15) is 5.21 Å². The van der Waals surface area contributed by atoms with Crippen LogP contribution in [-0.2, 0) is 0 Å². The van der Waals surface area contributed by atoms with Crippen molar-refractivity contribution >= 4 is 28.1 Å². The van der Waals surface area contributed by atoms with Gasteiger partial charge in [0.2, 0.25) is 0 Å². The third-order valence-electron chi connectivity index (χ3n) is 1.40. The van der Waals surface area contributed by atoms with E-state index in [1.54, 1.807) is 12.1 Å². The van der Waals surface area contributed by atoms with Gasteiger partial charge in [-0.2, -0.15) is 0 Å². The van der Waals surface area contributed by atoms with Gasteiger partial charge in [0.05, 0.1) is 6.21 Å². The number of nitrogens with two attached hydrogens (primary N) is 2. The first kappa shape index (κ1) is 10.5. The molecule has 0 aliphatic carbocycles. The van der Waals surface area contributed by atoms with Crippen LogP contribution in [0.4, 0.5) is 0 Å². The summed E-state index contributed by atoms with van der Waals surface area (Å²) in [5, 5.41) is 14.3. The van der Waals surface area contributed by atoms with E-state index < -0.39 is 5.96 Å². The lowest BCUT2D eigenvalue weighted by Crippen LogP contribution is -2.30. The molecule has 0 aliphatic heterocycles. The summed E-state index contributed by atoms with van der Waals surface area (Å²) in [5.41, 5.74) is 10.8. The summed E-state index contributed by atoms with van der Waals surface area (Å²) in [7, 11) is 0. The Morgan fingerprint density at radius 1 is 1.36 bits per heavy atom. The van der Waals surface area contributed by atoms with Crippen LogP contribution in [0.25, 0.3) is 0 Å². The van der Waals surface area contributed by atoms with Crippen LogP contribution < -0.4 is 11.5 Å². The first-order chi connectivity index (χ1) is 6.59. The van der Waals surface area contributed by atoms with E-state index in [4.69, 9.17) is 11.5 Å². The van der Waals surface area contributed by atoms with Crippen molar-refractivity contribution in [3.8, 4) is 0 Å². The van der Waals surface area contributed by atoms with Crippen LogP contribution in [0.5, 0.6) is 0 Å². The van der Waals surface area contributed by atoms with Crippen LogP contribution in [0.3, 0.4) is 0 Å². The smallest absolute Gasteiger partial charge is 0.366 e. The molecule has 0 bridgehead atoms. The molecule has 6 heteroatoms. The van der Waals surface area contributed by atoms with Crippen LogP contribution in [0.15, 0.2) is 33.8 Å².